The number of aromatic amines is 1. The molecule has 0 saturated carbocycles. The molecule has 0 aliphatic carbocycles. The van der Waals surface area contributed by atoms with Crippen LogP contribution in [0.1, 0.15) is 11.3 Å². The van der Waals surface area contributed by atoms with Crippen LogP contribution >= 0.6 is 0 Å². The topological polar surface area (TPSA) is 19.0 Å². The zero-order valence-electron chi connectivity index (χ0n) is 8.30. The first-order chi connectivity index (χ1) is 6.84. The number of likely N-dealkylation sites (N-methyl/N-ethyl adjacent to an activating group) is 1. The third-order valence-corrected chi connectivity index (χ3v) is 3.01. The quantitative estimate of drug-likeness (QED) is 0.664. The van der Waals surface area contributed by atoms with Crippen molar-refractivity contribution in [3.8, 4) is 0 Å². The Morgan fingerprint density at radius 1 is 1.50 bits per heavy atom. The molecule has 2 heteroatoms. The Balaban J connectivity index is 2.25. The first-order valence-electron chi connectivity index (χ1n) is 5.02. The summed E-state index contributed by atoms with van der Waals surface area (Å²) in [5, 5.41) is 1.34. The van der Waals surface area contributed by atoms with Crippen molar-refractivity contribution in [2.45, 2.75) is 13.0 Å². The number of H-pyrrole nitrogens is 1. The van der Waals surface area contributed by atoms with Gasteiger partial charge in [0.1, 0.15) is 0 Å². The third kappa shape index (κ3) is 1.07. The highest BCUT2D eigenvalue weighted by Crippen LogP contribution is 2.26. The average Bonchev–Trinajstić information content (AvgIpc) is 2.56. The van der Waals surface area contributed by atoms with Crippen molar-refractivity contribution < 1.29 is 0 Å². The molecule has 1 N–H and O–H groups in total. The maximum atomic E-state index is 3.49. The minimum absolute atomic E-state index is 1.06. The molecule has 1 aliphatic heterocycles. The van der Waals surface area contributed by atoms with E-state index in [2.05, 4.69) is 35.1 Å². The number of aromatic nitrogens is 1. The summed E-state index contributed by atoms with van der Waals surface area (Å²) in [5.74, 6) is 0. The summed E-state index contributed by atoms with van der Waals surface area (Å²) in [5.41, 5.74) is 4.13. The summed E-state index contributed by atoms with van der Waals surface area (Å²) in [6.45, 7) is 2.22. The molecule has 1 aliphatic rings. The van der Waals surface area contributed by atoms with Gasteiger partial charge in [0.2, 0.25) is 0 Å². The minimum Gasteiger partial charge on any atom is -0.358 e. The fourth-order valence-electron chi connectivity index (χ4n) is 2.24. The molecular weight excluding hydrogens is 172 g/mol. The van der Waals surface area contributed by atoms with Gasteiger partial charge in [-0.2, -0.15) is 0 Å². The van der Waals surface area contributed by atoms with Crippen molar-refractivity contribution in [2.24, 2.45) is 0 Å². The number of rotatable bonds is 0. The molecule has 2 heterocycles. The lowest BCUT2D eigenvalue weighted by Crippen LogP contribution is -2.25. The van der Waals surface area contributed by atoms with E-state index in [0.29, 0.717) is 0 Å². The van der Waals surface area contributed by atoms with E-state index in [1.807, 2.05) is 6.07 Å². The summed E-state index contributed by atoms with van der Waals surface area (Å²) in [6.07, 6.45) is 1.14. The molecule has 2 aromatic rings. The molecule has 0 saturated heterocycles. The Labute approximate surface area is 83.5 Å². The normalized spacial score (nSPS) is 17.2. The van der Waals surface area contributed by atoms with Crippen molar-refractivity contribution >= 4 is 10.9 Å². The number of nitrogens with one attached hydrogen (secondary N) is 1. The van der Waals surface area contributed by atoms with Crippen molar-refractivity contribution in [1.29, 1.82) is 0 Å². The van der Waals surface area contributed by atoms with Gasteiger partial charge in [0.05, 0.1) is 0 Å². The summed E-state index contributed by atoms with van der Waals surface area (Å²) in [4.78, 5) is 5.85. The van der Waals surface area contributed by atoms with E-state index < -0.39 is 0 Å². The van der Waals surface area contributed by atoms with Crippen molar-refractivity contribution in [1.82, 2.24) is 9.88 Å². The summed E-state index contributed by atoms with van der Waals surface area (Å²) >= 11 is 0. The first-order valence-corrected chi connectivity index (χ1v) is 5.02. The van der Waals surface area contributed by atoms with Gasteiger partial charge in [0, 0.05) is 36.1 Å². The predicted molar refractivity (Wildman–Crippen MR) is 57.2 cm³/mol. The number of hydrogen-bond donors (Lipinski definition) is 1. The van der Waals surface area contributed by atoms with Crippen LogP contribution in [0, 0.1) is 6.07 Å². The molecule has 0 bridgehead atoms. The fraction of sp³-hybridized carbons (Fsp3) is 0.333. The van der Waals surface area contributed by atoms with Gasteiger partial charge in [-0.05, 0) is 30.8 Å². The van der Waals surface area contributed by atoms with E-state index in [9.17, 15) is 0 Å². The van der Waals surface area contributed by atoms with Crippen LogP contribution in [0.2, 0.25) is 0 Å². The smallest absolute Gasteiger partial charge is 0.0459 e. The zero-order chi connectivity index (χ0) is 9.54. The lowest BCUT2D eigenvalue weighted by atomic mass is 10.1. The number of fused-ring (bicyclic) bond motifs is 3. The van der Waals surface area contributed by atoms with Crippen LogP contribution in [0.5, 0.6) is 0 Å². The maximum Gasteiger partial charge on any atom is 0.0459 e. The summed E-state index contributed by atoms with van der Waals surface area (Å²) in [7, 11) is 2.18. The Morgan fingerprint density at radius 2 is 2.43 bits per heavy atom. The lowest BCUT2D eigenvalue weighted by Gasteiger charge is -2.22. The van der Waals surface area contributed by atoms with E-state index in [0.717, 1.165) is 19.5 Å². The van der Waals surface area contributed by atoms with E-state index >= 15 is 0 Å². The Kier molecular flexibility index (Phi) is 1.64. The van der Waals surface area contributed by atoms with Crippen molar-refractivity contribution in [2.75, 3.05) is 13.6 Å². The molecule has 1 aromatic heterocycles. The van der Waals surface area contributed by atoms with Crippen molar-refractivity contribution in [3.05, 3.63) is 35.5 Å². The number of benzene rings is 1. The molecule has 0 fully saturated rings. The first kappa shape index (κ1) is 8.06. The largest absolute Gasteiger partial charge is 0.358 e. The molecular formula is C12H13N2. The molecule has 0 atom stereocenters. The molecule has 0 amide bonds. The predicted octanol–water partition coefficient (Wildman–Crippen LogP) is 1.96. The Morgan fingerprint density at radius 3 is 3.36 bits per heavy atom. The van der Waals surface area contributed by atoms with Crippen LogP contribution in [0.3, 0.4) is 0 Å². The summed E-state index contributed by atoms with van der Waals surface area (Å²) in [6, 6.07) is 9.31. The molecule has 2 nitrogen and oxygen atoms in total. The molecule has 14 heavy (non-hydrogen) atoms. The second kappa shape index (κ2) is 2.85. The lowest BCUT2D eigenvalue weighted by molar-refractivity contribution is 0.313. The van der Waals surface area contributed by atoms with Crippen LogP contribution in [0.25, 0.3) is 10.9 Å². The van der Waals surface area contributed by atoms with Crippen LogP contribution < -0.4 is 0 Å². The van der Waals surface area contributed by atoms with E-state index in [-0.39, 0.29) is 0 Å². The average molecular weight is 185 g/mol. The van der Waals surface area contributed by atoms with Gasteiger partial charge in [-0.3, -0.25) is 0 Å². The fourth-order valence-corrected chi connectivity index (χ4v) is 2.24. The van der Waals surface area contributed by atoms with Crippen LogP contribution in [-0.4, -0.2) is 23.5 Å². The SMILES string of the molecule is CN1CCc2[nH]c3cc[c]cc3c2C1. The van der Waals surface area contributed by atoms with Gasteiger partial charge >= 0.3 is 0 Å². The van der Waals surface area contributed by atoms with E-state index in [1.165, 1.54) is 22.2 Å². The highest BCUT2D eigenvalue weighted by atomic mass is 15.1. The molecule has 71 valence electrons. The maximum absolute atomic E-state index is 3.49. The molecule has 1 radical (unpaired) electrons. The molecule has 1 aromatic carbocycles. The van der Waals surface area contributed by atoms with Gasteiger partial charge in [0.15, 0.2) is 0 Å². The highest BCUT2D eigenvalue weighted by Gasteiger charge is 2.17. The number of hydrogen-bond acceptors (Lipinski definition) is 1. The molecule has 0 spiro atoms. The van der Waals surface area contributed by atoms with Gasteiger partial charge in [-0.25, -0.2) is 0 Å². The van der Waals surface area contributed by atoms with Gasteiger partial charge < -0.3 is 9.88 Å². The van der Waals surface area contributed by atoms with Crippen molar-refractivity contribution in [3.63, 3.8) is 0 Å². The van der Waals surface area contributed by atoms with E-state index in [4.69, 9.17) is 0 Å². The standard InChI is InChI=1S/C12H13N2/c1-14-7-6-12-10(8-14)9-4-2-3-5-11(9)13-12/h3-5,13H,6-8H2,1H3. The zero-order valence-corrected chi connectivity index (χ0v) is 8.30. The van der Waals surface area contributed by atoms with Gasteiger partial charge in [-0.1, -0.05) is 6.07 Å². The summed E-state index contributed by atoms with van der Waals surface area (Å²) < 4.78 is 0. The molecule has 0 unspecified atom stereocenters. The molecule has 3 rings (SSSR count). The van der Waals surface area contributed by atoms with E-state index in [1.54, 1.807) is 0 Å². The highest BCUT2D eigenvalue weighted by molar-refractivity contribution is 5.84. The monoisotopic (exact) mass is 185 g/mol. The third-order valence-electron chi connectivity index (χ3n) is 3.01. The minimum atomic E-state index is 1.06. The second-order valence-electron chi connectivity index (χ2n) is 4.04. The van der Waals surface area contributed by atoms with Crippen LogP contribution in [-0.2, 0) is 13.0 Å². The second-order valence-corrected chi connectivity index (χ2v) is 4.04. The van der Waals surface area contributed by atoms with Crippen LogP contribution in [0.4, 0.5) is 0 Å². The Bertz CT molecular complexity index is 470. The van der Waals surface area contributed by atoms with Gasteiger partial charge in [0.25, 0.3) is 0 Å². The Hall–Kier alpha value is -1.28. The van der Waals surface area contributed by atoms with Crippen LogP contribution in [0.15, 0.2) is 18.2 Å². The number of nitrogens with zero attached hydrogens (tertiary/aromatic N) is 1. The van der Waals surface area contributed by atoms with Gasteiger partial charge in [-0.15, -0.1) is 0 Å².